The van der Waals surface area contributed by atoms with Crippen molar-refractivity contribution in [2.45, 2.75) is 44.4 Å². The van der Waals surface area contributed by atoms with E-state index in [0.717, 1.165) is 28.0 Å². The summed E-state index contributed by atoms with van der Waals surface area (Å²) in [6.07, 6.45) is 5.47. The van der Waals surface area contributed by atoms with Crippen LogP contribution >= 0.6 is 0 Å². The van der Waals surface area contributed by atoms with E-state index in [9.17, 15) is 22.8 Å². The first-order chi connectivity index (χ1) is 17.2. The molecule has 0 radical (unpaired) electrons. The van der Waals surface area contributed by atoms with Crippen LogP contribution in [0.3, 0.4) is 0 Å². The molecule has 6 nitrogen and oxygen atoms in total. The predicted octanol–water partition coefficient (Wildman–Crippen LogP) is 4.61. The molecule has 1 aromatic carbocycles. The Morgan fingerprint density at radius 2 is 1.86 bits per heavy atom. The highest BCUT2D eigenvalue weighted by Crippen LogP contribution is 2.42. The highest BCUT2D eigenvalue weighted by Gasteiger charge is 2.42. The van der Waals surface area contributed by atoms with Crippen molar-refractivity contribution in [3.8, 4) is 0 Å². The molecule has 2 atom stereocenters. The summed E-state index contributed by atoms with van der Waals surface area (Å²) >= 11 is 0. The maximum atomic E-state index is 13.0. The van der Waals surface area contributed by atoms with E-state index in [1.807, 2.05) is 43.4 Å². The smallest absolute Gasteiger partial charge is 0.361 e. The molecule has 1 aromatic heterocycles. The van der Waals surface area contributed by atoms with Crippen molar-refractivity contribution in [1.82, 2.24) is 15.2 Å². The average molecular weight is 495 g/mol. The number of halogens is 3. The van der Waals surface area contributed by atoms with Gasteiger partial charge in [-0.2, -0.15) is 13.2 Å². The van der Waals surface area contributed by atoms with Crippen LogP contribution in [0.15, 0.2) is 66.0 Å². The van der Waals surface area contributed by atoms with Crippen molar-refractivity contribution in [2.24, 2.45) is 0 Å². The monoisotopic (exact) mass is 494 g/mol. The number of anilines is 1. The summed E-state index contributed by atoms with van der Waals surface area (Å²) in [5.41, 5.74) is 6.07. The van der Waals surface area contributed by atoms with E-state index in [-0.39, 0.29) is 11.9 Å². The number of nitrogens with one attached hydrogen (secondary N) is 2. The Bertz CT molecular complexity index is 1300. The molecule has 5 rings (SSSR count). The molecule has 0 spiro atoms. The summed E-state index contributed by atoms with van der Waals surface area (Å²) < 4.78 is 38.5. The normalized spacial score (nSPS) is 21.0. The number of fused-ring (bicyclic) bond motifs is 5. The van der Waals surface area contributed by atoms with E-state index < -0.39 is 18.1 Å². The van der Waals surface area contributed by atoms with Crippen molar-refractivity contribution in [3.63, 3.8) is 0 Å². The molecule has 2 unspecified atom stereocenters. The van der Waals surface area contributed by atoms with Gasteiger partial charge in [-0.05, 0) is 61.1 Å². The van der Waals surface area contributed by atoms with Crippen molar-refractivity contribution < 1.29 is 22.8 Å². The van der Waals surface area contributed by atoms with Gasteiger partial charge >= 0.3 is 12.1 Å². The Morgan fingerprint density at radius 3 is 2.61 bits per heavy atom. The molecule has 2 N–H and O–H groups in total. The van der Waals surface area contributed by atoms with Gasteiger partial charge < -0.3 is 15.5 Å². The molecule has 3 heterocycles. The molecule has 2 aromatic rings. The second-order valence-corrected chi connectivity index (χ2v) is 9.26. The Balaban J connectivity index is 1.46. The molecule has 1 saturated carbocycles. The van der Waals surface area contributed by atoms with Crippen molar-refractivity contribution in [1.29, 1.82) is 0 Å². The van der Waals surface area contributed by atoms with Gasteiger partial charge in [0, 0.05) is 47.5 Å². The highest BCUT2D eigenvalue weighted by molar-refractivity contribution is 6.07. The van der Waals surface area contributed by atoms with Crippen LogP contribution in [0.4, 0.5) is 18.9 Å². The fraction of sp³-hybridized carbons (Fsp3) is 0.296. The summed E-state index contributed by atoms with van der Waals surface area (Å²) in [7, 11) is 0. The topological polar surface area (TPSA) is 74.3 Å². The third-order valence-electron chi connectivity index (χ3n) is 6.88. The van der Waals surface area contributed by atoms with Gasteiger partial charge in [-0.1, -0.05) is 30.4 Å². The minimum Gasteiger partial charge on any atom is -0.361 e. The van der Waals surface area contributed by atoms with Gasteiger partial charge in [0.05, 0.1) is 6.04 Å². The number of hydrogen-bond acceptors (Lipinski definition) is 4. The van der Waals surface area contributed by atoms with Crippen molar-refractivity contribution >= 4 is 29.3 Å². The number of carbonyl (C=O) groups excluding carboxylic acids is 2. The second-order valence-electron chi connectivity index (χ2n) is 9.26. The molecule has 3 aliphatic rings. The summed E-state index contributed by atoms with van der Waals surface area (Å²) in [6, 6.07) is 8.75. The van der Waals surface area contributed by atoms with Gasteiger partial charge in [-0.3, -0.25) is 14.6 Å². The van der Waals surface area contributed by atoms with Crippen LogP contribution in [-0.4, -0.2) is 46.5 Å². The third kappa shape index (κ3) is 4.65. The first kappa shape index (κ1) is 23.8. The van der Waals surface area contributed by atoms with E-state index in [4.69, 9.17) is 0 Å². The van der Waals surface area contributed by atoms with Gasteiger partial charge in [0.25, 0.3) is 5.91 Å². The number of amides is 2. The quantitative estimate of drug-likeness (QED) is 0.654. The maximum absolute atomic E-state index is 13.0. The summed E-state index contributed by atoms with van der Waals surface area (Å²) in [5, 5.41) is 5.06. The van der Waals surface area contributed by atoms with Crippen molar-refractivity contribution in [3.05, 3.63) is 82.7 Å². The molecule has 0 bridgehead atoms. The van der Waals surface area contributed by atoms with E-state index >= 15 is 0 Å². The van der Waals surface area contributed by atoms with Crippen LogP contribution in [0.5, 0.6) is 0 Å². The highest BCUT2D eigenvalue weighted by atomic mass is 19.4. The minimum absolute atomic E-state index is 0.0388. The Labute approximate surface area is 206 Å². The zero-order chi connectivity index (χ0) is 25.4. The zero-order valence-electron chi connectivity index (χ0n) is 19.6. The molecule has 186 valence electrons. The zero-order valence-corrected chi connectivity index (χ0v) is 19.6. The van der Waals surface area contributed by atoms with Crippen LogP contribution in [0, 0.1) is 6.92 Å². The number of benzene rings is 1. The maximum Gasteiger partial charge on any atom is 0.471 e. The lowest BCUT2D eigenvalue weighted by Gasteiger charge is -2.41. The summed E-state index contributed by atoms with van der Waals surface area (Å²) in [6.45, 7) is 2.49. The van der Waals surface area contributed by atoms with Crippen LogP contribution in [-0.2, 0) is 9.59 Å². The van der Waals surface area contributed by atoms with E-state index in [1.165, 1.54) is 0 Å². The van der Waals surface area contributed by atoms with E-state index in [2.05, 4.69) is 20.5 Å². The Kier molecular flexibility index (Phi) is 6.15. The average Bonchev–Trinajstić information content (AvgIpc) is 2.98. The first-order valence-corrected chi connectivity index (χ1v) is 11.8. The SMILES string of the molecule is Cc1cccc2c1C1=CC(C(=O)Nc3ccncc3)=CCN1C1CCC(NC(=O)C(F)(F)F)CC1=C2. The number of rotatable bonds is 3. The number of aryl methyl sites for hydroxylation is 1. The molecule has 1 aliphatic carbocycles. The minimum atomic E-state index is -4.90. The van der Waals surface area contributed by atoms with Gasteiger partial charge in [0.1, 0.15) is 0 Å². The number of carbonyl (C=O) groups is 2. The Morgan fingerprint density at radius 1 is 1.08 bits per heavy atom. The van der Waals surface area contributed by atoms with Gasteiger partial charge in [-0.15, -0.1) is 0 Å². The number of aromatic nitrogens is 1. The van der Waals surface area contributed by atoms with Gasteiger partial charge in [-0.25, -0.2) is 0 Å². The second kappa shape index (κ2) is 9.29. The number of hydrogen-bond donors (Lipinski definition) is 2. The summed E-state index contributed by atoms with van der Waals surface area (Å²) in [5.74, 6) is -2.12. The molecule has 36 heavy (non-hydrogen) atoms. The van der Waals surface area contributed by atoms with Crippen LogP contribution in [0.25, 0.3) is 11.8 Å². The fourth-order valence-corrected chi connectivity index (χ4v) is 5.22. The van der Waals surface area contributed by atoms with E-state index in [0.29, 0.717) is 37.1 Å². The molecule has 1 fully saturated rings. The van der Waals surface area contributed by atoms with E-state index in [1.54, 1.807) is 24.5 Å². The summed E-state index contributed by atoms with van der Waals surface area (Å²) in [4.78, 5) is 30.7. The lowest BCUT2D eigenvalue weighted by molar-refractivity contribution is -0.174. The Hall–Kier alpha value is -3.88. The molecular formula is C27H25F3N4O2. The lowest BCUT2D eigenvalue weighted by atomic mass is 9.84. The van der Waals surface area contributed by atoms with Gasteiger partial charge in [0.2, 0.25) is 0 Å². The fourth-order valence-electron chi connectivity index (χ4n) is 5.22. The van der Waals surface area contributed by atoms with Crippen molar-refractivity contribution in [2.75, 3.05) is 11.9 Å². The standard InChI is InChI=1S/C27H25F3N4O2/c1-16-3-2-4-17-13-19-14-21(33-26(36)27(28,29)30)5-6-22(19)34-12-9-18(15-23(34)24(16)17)25(35)32-20-7-10-31-11-8-20/h2-4,7-11,13,15,21-22H,5-6,12,14H2,1H3,(H,33,36)(H,31,32,35). The molecule has 9 heteroatoms. The van der Waals surface area contributed by atoms with Crippen LogP contribution < -0.4 is 10.6 Å². The predicted molar refractivity (Wildman–Crippen MR) is 130 cm³/mol. The van der Waals surface area contributed by atoms with Crippen LogP contribution in [0.1, 0.15) is 36.0 Å². The third-order valence-corrected chi connectivity index (χ3v) is 6.88. The number of pyridine rings is 1. The van der Waals surface area contributed by atoms with Gasteiger partial charge in [0.15, 0.2) is 0 Å². The molecule has 2 aliphatic heterocycles. The molecule has 2 amide bonds. The number of nitrogens with zero attached hydrogens (tertiary/aromatic N) is 2. The number of alkyl halides is 3. The largest absolute Gasteiger partial charge is 0.471 e. The molecule has 0 saturated heterocycles. The first-order valence-electron chi connectivity index (χ1n) is 11.8. The van der Waals surface area contributed by atoms with Crippen LogP contribution in [0.2, 0.25) is 0 Å². The molecular weight excluding hydrogens is 469 g/mol. The lowest BCUT2D eigenvalue weighted by Crippen LogP contribution is -2.48.